The Bertz CT molecular complexity index is 374. The van der Waals surface area contributed by atoms with Crippen LogP contribution in [-0.4, -0.2) is 11.8 Å². The molecule has 80 valence electrons. The number of carbonyl (C=O) groups is 2. The van der Waals surface area contributed by atoms with Crippen molar-refractivity contribution < 1.29 is 14.7 Å². The maximum absolute atomic E-state index is 11.5. The first-order chi connectivity index (χ1) is 7.09. The number of carboxylic acid groups (broad SMARTS) is 1. The van der Waals surface area contributed by atoms with Gasteiger partial charge in [-0.05, 0) is 25.0 Å². The second-order valence-corrected chi connectivity index (χ2v) is 3.60. The highest BCUT2D eigenvalue weighted by Crippen LogP contribution is 2.13. The van der Waals surface area contributed by atoms with E-state index in [0.717, 1.165) is 0 Å². The summed E-state index contributed by atoms with van der Waals surface area (Å²) < 4.78 is 0. The maximum Gasteiger partial charge on any atom is 0.162 e. The van der Waals surface area contributed by atoms with Crippen LogP contribution in [0.2, 0.25) is 5.02 Å². The molecule has 0 spiro atoms. The van der Waals surface area contributed by atoms with Crippen molar-refractivity contribution in [1.82, 2.24) is 0 Å². The SMILES string of the molecule is O=C([O-])CCCC(=O)c1cccc(Cl)c1. The third-order valence-corrected chi connectivity index (χ3v) is 2.17. The highest BCUT2D eigenvalue weighted by Gasteiger charge is 2.05. The third-order valence-electron chi connectivity index (χ3n) is 1.93. The molecule has 0 N–H and O–H groups in total. The molecule has 15 heavy (non-hydrogen) atoms. The molecule has 1 rings (SSSR count). The van der Waals surface area contributed by atoms with Crippen LogP contribution < -0.4 is 5.11 Å². The fraction of sp³-hybridized carbons (Fsp3) is 0.273. The first-order valence-electron chi connectivity index (χ1n) is 4.58. The molecule has 0 saturated carbocycles. The van der Waals surface area contributed by atoms with Gasteiger partial charge in [-0.15, -0.1) is 0 Å². The molecule has 0 aliphatic rings. The Kier molecular flexibility index (Phi) is 4.31. The predicted molar refractivity (Wildman–Crippen MR) is 54.6 cm³/mol. The lowest BCUT2D eigenvalue weighted by molar-refractivity contribution is -0.305. The molecule has 0 atom stereocenters. The van der Waals surface area contributed by atoms with E-state index in [-0.39, 0.29) is 18.6 Å². The lowest BCUT2D eigenvalue weighted by Crippen LogP contribution is -2.21. The Morgan fingerprint density at radius 3 is 2.60 bits per heavy atom. The van der Waals surface area contributed by atoms with Gasteiger partial charge in [-0.1, -0.05) is 23.7 Å². The van der Waals surface area contributed by atoms with Crippen LogP contribution in [0.3, 0.4) is 0 Å². The van der Waals surface area contributed by atoms with Crippen LogP contribution in [0, 0.1) is 0 Å². The standard InChI is InChI=1S/C11H11ClO3/c12-9-4-1-3-8(7-9)10(13)5-2-6-11(14)15/h1,3-4,7H,2,5-6H2,(H,14,15)/p-1. The topological polar surface area (TPSA) is 57.2 Å². The fourth-order valence-electron chi connectivity index (χ4n) is 1.20. The Labute approximate surface area is 92.7 Å². The van der Waals surface area contributed by atoms with E-state index in [9.17, 15) is 14.7 Å². The van der Waals surface area contributed by atoms with Crippen molar-refractivity contribution in [3.8, 4) is 0 Å². The predicted octanol–water partition coefficient (Wildman–Crippen LogP) is 1.44. The van der Waals surface area contributed by atoms with E-state index in [0.29, 0.717) is 17.0 Å². The normalized spacial score (nSPS) is 9.93. The van der Waals surface area contributed by atoms with Crippen LogP contribution in [0.1, 0.15) is 29.6 Å². The van der Waals surface area contributed by atoms with Crippen LogP contribution in [0.15, 0.2) is 24.3 Å². The lowest BCUT2D eigenvalue weighted by Gasteiger charge is -2.02. The zero-order valence-electron chi connectivity index (χ0n) is 8.03. The largest absolute Gasteiger partial charge is 0.550 e. The molecule has 0 radical (unpaired) electrons. The van der Waals surface area contributed by atoms with Crippen molar-refractivity contribution in [1.29, 1.82) is 0 Å². The number of rotatable bonds is 5. The summed E-state index contributed by atoms with van der Waals surface area (Å²) in [5.41, 5.74) is 0.515. The number of carboxylic acids is 1. The molecular weight excluding hydrogens is 216 g/mol. The van der Waals surface area contributed by atoms with E-state index in [1.807, 2.05) is 0 Å². The van der Waals surface area contributed by atoms with Gasteiger partial charge in [0.15, 0.2) is 5.78 Å². The molecule has 0 bridgehead atoms. The quantitative estimate of drug-likeness (QED) is 0.713. The summed E-state index contributed by atoms with van der Waals surface area (Å²) in [6, 6.07) is 6.60. The molecule has 0 saturated heterocycles. The average Bonchev–Trinajstić information content (AvgIpc) is 2.17. The van der Waals surface area contributed by atoms with Gasteiger partial charge in [0.05, 0.1) is 0 Å². The summed E-state index contributed by atoms with van der Waals surface area (Å²) in [6.45, 7) is 0. The first-order valence-corrected chi connectivity index (χ1v) is 4.96. The Morgan fingerprint density at radius 2 is 2.00 bits per heavy atom. The van der Waals surface area contributed by atoms with Gasteiger partial charge in [-0.2, -0.15) is 0 Å². The minimum Gasteiger partial charge on any atom is -0.550 e. The monoisotopic (exact) mass is 225 g/mol. The lowest BCUT2D eigenvalue weighted by atomic mass is 10.1. The van der Waals surface area contributed by atoms with Gasteiger partial charge >= 0.3 is 0 Å². The van der Waals surface area contributed by atoms with E-state index in [1.54, 1.807) is 24.3 Å². The zero-order valence-corrected chi connectivity index (χ0v) is 8.79. The summed E-state index contributed by atoms with van der Waals surface area (Å²) in [6.07, 6.45) is 0.411. The molecule has 0 fully saturated rings. The van der Waals surface area contributed by atoms with Crippen molar-refractivity contribution >= 4 is 23.4 Å². The van der Waals surface area contributed by atoms with Crippen molar-refractivity contribution in [3.05, 3.63) is 34.9 Å². The minimum absolute atomic E-state index is 0.0910. The van der Waals surface area contributed by atoms with Gasteiger partial charge < -0.3 is 9.90 Å². The van der Waals surface area contributed by atoms with Crippen molar-refractivity contribution in [2.75, 3.05) is 0 Å². The summed E-state index contributed by atoms with van der Waals surface area (Å²) in [4.78, 5) is 21.6. The van der Waals surface area contributed by atoms with Gasteiger partial charge in [0, 0.05) is 23.0 Å². The number of aliphatic carboxylic acids is 1. The Hall–Kier alpha value is -1.35. The van der Waals surface area contributed by atoms with Crippen molar-refractivity contribution in [2.45, 2.75) is 19.3 Å². The number of carbonyl (C=O) groups excluding carboxylic acids is 2. The van der Waals surface area contributed by atoms with E-state index < -0.39 is 5.97 Å². The summed E-state index contributed by atoms with van der Waals surface area (Å²) >= 11 is 5.72. The summed E-state index contributed by atoms with van der Waals surface area (Å²) in [7, 11) is 0. The number of hydrogen-bond acceptors (Lipinski definition) is 3. The second kappa shape index (κ2) is 5.51. The van der Waals surface area contributed by atoms with Gasteiger partial charge in [0.25, 0.3) is 0 Å². The van der Waals surface area contributed by atoms with Crippen molar-refractivity contribution in [3.63, 3.8) is 0 Å². The molecule has 0 aliphatic carbocycles. The molecule has 0 heterocycles. The fourth-order valence-corrected chi connectivity index (χ4v) is 1.39. The van der Waals surface area contributed by atoms with Crippen LogP contribution in [0.5, 0.6) is 0 Å². The number of benzene rings is 1. The number of Topliss-reactive ketones (excluding diaryl/α,β-unsaturated/α-hetero) is 1. The van der Waals surface area contributed by atoms with Gasteiger partial charge in [-0.25, -0.2) is 0 Å². The molecule has 1 aromatic rings. The van der Waals surface area contributed by atoms with Gasteiger partial charge in [0.2, 0.25) is 0 Å². The highest BCUT2D eigenvalue weighted by molar-refractivity contribution is 6.31. The molecule has 0 unspecified atom stereocenters. The van der Waals surface area contributed by atoms with Gasteiger partial charge in [-0.3, -0.25) is 4.79 Å². The molecule has 0 aliphatic heterocycles. The summed E-state index contributed by atoms with van der Waals surface area (Å²) in [5, 5.41) is 10.6. The van der Waals surface area contributed by atoms with Crippen molar-refractivity contribution in [2.24, 2.45) is 0 Å². The van der Waals surface area contributed by atoms with Crippen LogP contribution in [0.4, 0.5) is 0 Å². The van der Waals surface area contributed by atoms with Gasteiger partial charge in [0.1, 0.15) is 0 Å². The molecule has 1 aromatic carbocycles. The zero-order chi connectivity index (χ0) is 11.3. The average molecular weight is 226 g/mol. The highest BCUT2D eigenvalue weighted by atomic mass is 35.5. The number of ketones is 1. The van der Waals surface area contributed by atoms with E-state index in [2.05, 4.69) is 0 Å². The Balaban J connectivity index is 2.50. The second-order valence-electron chi connectivity index (χ2n) is 3.16. The molecule has 0 amide bonds. The van der Waals surface area contributed by atoms with Crippen LogP contribution in [-0.2, 0) is 4.79 Å². The minimum atomic E-state index is -1.13. The number of hydrogen-bond donors (Lipinski definition) is 0. The Morgan fingerprint density at radius 1 is 1.27 bits per heavy atom. The molecule has 4 heteroatoms. The van der Waals surface area contributed by atoms with E-state index >= 15 is 0 Å². The number of halogens is 1. The van der Waals surface area contributed by atoms with E-state index in [4.69, 9.17) is 11.6 Å². The van der Waals surface area contributed by atoms with Crippen LogP contribution in [0.25, 0.3) is 0 Å². The molecule has 0 aromatic heterocycles. The molecule has 3 nitrogen and oxygen atoms in total. The smallest absolute Gasteiger partial charge is 0.162 e. The third kappa shape index (κ3) is 4.13. The molecular formula is C11H10ClO3-. The van der Waals surface area contributed by atoms with Crippen LogP contribution >= 0.6 is 11.6 Å². The summed E-state index contributed by atoms with van der Waals surface area (Å²) in [5.74, 6) is -1.23. The maximum atomic E-state index is 11.5. The first kappa shape index (κ1) is 11.7. The van der Waals surface area contributed by atoms with E-state index in [1.165, 1.54) is 0 Å².